The largest absolute Gasteiger partial charge is 0.219 e. The Kier molecular flexibility index (Phi) is 3.04. The molecule has 0 saturated heterocycles. The first-order chi connectivity index (χ1) is 8.90. The van der Waals surface area contributed by atoms with E-state index in [2.05, 4.69) is 45.8 Å². The summed E-state index contributed by atoms with van der Waals surface area (Å²) in [6.07, 6.45) is 4.18. The first-order valence-electron chi connectivity index (χ1n) is 5.21. The molecule has 110 valence electrons. The van der Waals surface area contributed by atoms with Crippen LogP contribution in [-0.4, -0.2) is 0 Å². The summed E-state index contributed by atoms with van der Waals surface area (Å²) in [4.78, 5) is 0. The second kappa shape index (κ2) is 4.05. The molecule has 0 N–H and O–H groups in total. The molecule has 9 heteroatoms. The molecular weight excluding hydrogens is 323 g/mol. The molecule has 0 atom stereocenters. The average molecular weight is 331 g/mol. The molecule has 0 bridgehead atoms. The van der Waals surface area contributed by atoms with E-state index in [0.29, 0.717) is 0 Å². The van der Waals surface area contributed by atoms with E-state index in [4.69, 9.17) is 0 Å². The zero-order chi connectivity index (χ0) is 15.1. The van der Waals surface area contributed by atoms with Gasteiger partial charge in [0.15, 0.2) is 12.4 Å². The van der Waals surface area contributed by atoms with Crippen LogP contribution in [0.3, 0.4) is 0 Å². The van der Waals surface area contributed by atoms with Crippen LogP contribution in [-0.2, 0) is 0 Å². The van der Waals surface area contributed by atoms with Crippen LogP contribution >= 0.6 is 19.1 Å². The molecule has 20 heavy (non-hydrogen) atoms. The maximum atomic E-state index is 9.87. The van der Waals surface area contributed by atoms with Gasteiger partial charge in [0, 0.05) is 29.0 Å². The van der Waals surface area contributed by atoms with Crippen molar-refractivity contribution in [2.45, 2.75) is 0 Å². The fourth-order valence-electron chi connectivity index (χ4n) is 1.62. The van der Waals surface area contributed by atoms with Crippen molar-refractivity contribution in [3.63, 3.8) is 0 Å². The Morgan fingerprint density at radius 2 is 1.50 bits per heavy atom. The Morgan fingerprint density at radius 1 is 0.850 bits per heavy atom. The van der Waals surface area contributed by atoms with E-state index in [1.807, 2.05) is 6.07 Å². The number of pyridine rings is 2. The molecule has 0 aromatic carbocycles. The Hall–Kier alpha value is -1.40. The van der Waals surface area contributed by atoms with Gasteiger partial charge in [0.05, 0.1) is 5.39 Å². The fourth-order valence-corrected chi connectivity index (χ4v) is 2.43. The predicted molar refractivity (Wildman–Crippen MR) is 68.6 cm³/mol. The van der Waals surface area contributed by atoms with Crippen LogP contribution in [0.1, 0.15) is 0 Å². The number of halogens is 6. The summed E-state index contributed by atoms with van der Waals surface area (Å²) in [6, 6.07) is 8.42. The van der Waals surface area contributed by atoms with Gasteiger partial charge in [-0.05, 0) is 11.4 Å². The van der Waals surface area contributed by atoms with Crippen LogP contribution in [0.2, 0.25) is 0 Å². The summed E-state index contributed by atoms with van der Waals surface area (Å²) in [5.74, 6) is 0. The van der Waals surface area contributed by atoms with Crippen molar-refractivity contribution >= 4 is 35.4 Å². The number of fused-ring (bicyclic) bond motifs is 3. The minimum Gasteiger partial charge on any atom is -0.167 e. The minimum absolute atomic E-state index is 1.28. The van der Waals surface area contributed by atoms with Gasteiger partial charge in [-0.2, -0.15) is 15.7 Å². The molecule has 3 heterocycles. The van der Waals surface area contributed by atoms with Crippen molar-refractivity contribution < 1.29 is 29.6 Å². The van der Waals surface area contributed by atoms with E-state index in [-0.39, 0.29) is 0 Å². The quantitative estimate of drug-likeness (QED) is 0.269. The topological polar surface area (TPSA) is 4.10 Å². The maximum Gasteiger partial charge on any atom is 0.219 e. The molecule has 0 fully saturated rings. The van der Waals surface area contributed by atoms with Crippen LogP contribution in [0.15, 0.2) is 47.4 Å². The van der Waals surface area contributed by atoms with Crippen LogP contribution in [0, 0.1) is 0 Å². The molecule has 0 unspecified atom stereocenters. The number of nitrogens with zero attached hydrogens (tertiary/aromatic N) is 1. The Labute approximate surface area is 113 Å². The monoisotopic (exact) mass is 331 g/mol. The molecule has 0 aliphatic carbocycles. The summed E-state index contributed by atoms with van der Waals surface area (Å²) < 4.78 is 61.3. The zero-order valence-electron chi connectivity index (χ0n) is 9.69. The van der Waals surface area contributed by atoms with Crippen molar-refractivity contribution in [2.75, 3.05) is 0 Å². The molecule has 0 spiro atoms. The van der Waals surface area contributed by atoms with Gasteiger partial charge in [0.25, 0.3) is 0 Å². The van der Waals surface area contributed by atoms with Crippen LogP contribution in [0.4, 0.5) is 25.2 Å². The second-order valence-electron chi connectivity index (χ2n) is 4.01. The summed E-state index contributed by atoms with van der Waals surface area (Å²) in [7, 11) is -10.7. The third-order valence-electron chi connectivity index (χ3n) is 2.27. The third kappa shape index (κ3) is 4.94. The minimum atomic E-state index is -10.7. The van der Waals surface area contributed by atoms with E-state index in [9.17, 15) is 25.2 Å². The molecule has 1 nitrogen and oxygen atoms in total. The van der Waals surface area contributed by atoms with Gasteiger partial charge in [-0.1, -0.05) is 0 Å². The van der Waals surface area contributed by atoms with Crippen LogP contribution in [0.25, 0.3) is 16.3 Å². The van der Waals surface area contributed by atoms with Crippen LogP contribution < -0.4 is 4.40 Å². The molecule has 0 saturated carbocycles. The van der Waals surface area contributed by atoms with Crippen LogP contribution in [0.5, 0.6) is 0 Å². The molecule has 3 aromatic heterocycles. The first kappa shape index (κ1) is 15.0. The number of aromatic nitrogens is 1. The predicted octanol–water partition coefficient (Wildman–Crippen LogP) is 6.02. The van der Waals surface area contributed by atoms with E-state index in [1.54, 1.807) is 11.3 Å². The molecule has 0 radical (unpaired) electrons. The Bertz CT molecular complexity index is 753. The number of hydrogen-bond acceptors (Lipinski definition) is 1. The van der Waals surface area contributed by atoms with Gasteiger partial charge >= 0.3 is 33.0 Å². The molecule has 0 amide bonds. The van der Waals surface area contributed by atoms with E-state index >= 15 is 0 Å². The van der Waals surface area contributed by atoms with E-state index in [0.717, 1.165) is 0 Å². The number of rotatable bonds is 0. The van der Waals surface area contributed by atoms with Gasteiger partial charge < -0.3 is 0 Å². The van der Waals surface area contributed by atoms with Crippen molar-refractivity contribution in [2.24, 2.45) is 0 Å². The zero-order valence-corrected chi connectivity index (χ0v) is 11.4. The Balaban J connectivity index is 0.000000182. The summed E-state index contributed by atoms with van der Waals surface area (Å²) in [5.41, 5.74) is 1.28. The molecular formula is C11H8F6NPS. The van der Waals surface area contributed by atoms with Crippen molar-refractivity contribution in [1.82, 2.24) is 0 Å². The fraction of sp³-hybridized carbons (Fsp3) is 0. The standard InChI is InChI=1S/C11H8NS.F6P/c1-2-5-12-6-4-9-7-13-8-10(9)11(12)3-1;1-7(2,3,4,5)6/h1-8H;/q+1;-1. The smallest absolute Gasteiger partial charge is 0.167 e. The van der Waals surface area contributed by atoms with Crippen molar-refractivity contribution in [3.8, 4) is 0 Å². The van der Waals surface area contributed by atoms with Gasteiger partial charge in [0.2, 0.25) is 5.52 Å². The molecule has 0 aliphatic heterocycles. The number of hydrogen-bond donors (Lipinski definition) is 0. The van der Waals surface area contributed by atoms with Gasteiger partial charge in [0.1, 0.15) is 0 Å². The van der Waals surface area contributed by atoms with E-state index < -0.39 is 7.81 Å². The van der Waals surface area contributed by atoms with Gasteiger partial charge in [-0.25, -0.2) is 0 Å². The third-order valence-corrected chi connectivity index (χ3v) is 3.03. The SMILES string of the molecule is F[P-](F)(F)(F)(F)F.c1cc[n+]2ccc3cscc3c2c1. The van der Waals surface area contributed by atoms with Crippen molar-refractivity contribution in [3.05, 3.63) is 47.4 Å². The molecule has 3 aromatic rings. The number of thiophene rings is 1. The summed E-state index contributed by atoms with van der Waals surface area (Å²) in [5, 5.41) is 7.05. The maximum absolute atomic E-state index is 10.7. The Morgan fingerprint density at radius 3 is 2.15 bits per heavy atom. The molecule has 0 aliphatic rings. The van der Waals surface area contributed by atoms with E-state index in [1.165, 1.54) is 16.3 Å². The first-order valence-corrected chi connectivity index (χ1v) is 8.18. The van der Waals surface area contributed by atoms with Gasteiger partial charge in [-0.3, -0.25) is 0 Å². The average Bonchev–Trinajstić information content (AvgIpc) is 2.73. The normalized spacial score (nSPS) is 15.3. The van der Waals surface area contributed by atoms with Crippen molar-refractivity contribution in [1.29, 1.82) is 0 Å². The summed E-state index contributed by atoms with van der Waals surface area (Å²) in [6.45, 7) is 0. The second-order valence-corrected chi connectivity index (χ2v) is 6.67. The summed E-state index contributed by atoms with van der Waals surface area (Å²) >= 11 is 1.75. The van der Waals surface area contributed by atoms with Gasteiger partial charge in [-0.15, -0.1) is 0 Å². The molecule has 3 rings (SSSR count).